The van der Waals surface area contributed by atoms with Gasteiger partial charge in [-0.25, -0.2) is 9.59 Å². The number of hydrogen-bond acceptors (Lipinski definition) is 8. The number of esters is 2. The topological polar surface area (TPSA) is 120 Å². The maximum absolute atomic E-state index is 12.9. The third-order valence-electron chi connectivity index (χ3n) is 4.58. The molecule has 1 amide bonds. The lowest BCUT2D eigenvalue weighted by atomic mass is 10.1. The number of benzene rings is 1. The zero-order valence-corrected chi connectivity index (χ0v) is 20.1. The Kier molecular flexibility index (Phi) is 8.18. The van der Waals surface area contributed by atoms with Gasteiger partial charge in [0.15, 0.2) is 0 Å². The van der Waals surface area contributed by atoms with E-state index in [1.165, 1.54) is 30.3 Å². The van der Waals surface area contributed by atoms with E-state index in [0.717, 1.165) is 11.3 Å². The fourth-order valence-corrected chi connectivity index (χ4v) is 4.16. The number of ether oxygens (including phenoxy) is 3. The zero-order valence-electron chi connectivity index (χ0n) is 19.3. The van der Waals surface area contributed by atoms with Gasteiger partial charge in [0.1, 0.15) is 21.3 Å². The number of anilines is 1. The molecule has 3 rings (SSSR count). The maximum atomic E-state index is 12.9. The average Bonchev–Trinajstić information content (AvgIpc) is 3.39. The second kappa shape index (κ2) is 11.1. The summed E-state index contributed by atoms with van der Waals surface area (Å²) in [4.78, 5) is 38.1. The highest BCUT2D eigenvalue weighted by atomic mass is 32.1. The predicted molar refractivity (Wildman–Crippen MR) is 124 cm³/mol. The summed E-state index contributed by atoms with van der Waals surface area (Å²) >= 11 is 0.905. The van der Waals surface area contributed by atoms with E-state index in [9.17, 15) is 23.2 Å². The van der Waals surface area contributed by atoms with Crippen molar-refractivity contribution in [1.82, 2.24) is 10.2 Å². The molecule has 0 unspecified atom stereocenters. The van der Waals surface area contributed by atoms with E-state index < -0.39 is 30.6 Å². The summed E-state index contributed by atoms with van der Waals surface area (Å²) in [6, 6.07) is 7.20. The summed E-state index contributed by atoms with van der Waals surface area (Å²) in [5.74, 6) is -1.92. The minimum Gasteiger partial charge on any atom is -0.462 e. The van der Waals surface area contributed by atoms with Crippen molar-refractivity contribution in [2.75, 3.05) is 11.9 Å². The molecule has 0 spiro atoms. The second-order valence-electron chi connectivity index (χ2n) is 7.46. The number of halogens is 2. The van der Waals surface area contributed by atoms with Crippen LogP contribution in [-0.2, 0) is 9.47 Å². The molecule has 9 nitrogen and oxygen atoms in total. The van der Waals surface area contributed by atoms with Crippen molar-refractivity contribution in [3.8, 4) is 17.0 Å². The number of carbonyl (C=O) groups excluding carboxylic acids is 3. The van der Waals surface area contributed by atoms with E-state index in [2.05, 4.69) is 20.3 Å². The normalized spacial score (nSPS) is 11.0. The lowest BCUT2D eigenvalue weighted by Crippen LogP contribution is -2.17. The Bertz CT molecular complexity index is 1220. The standard InChI is InChI=1S/C23H23F2N3O6S/c1-5-32-22(31)18-12(4)17(21(30)33-11(2)3)20(35-18)26-19(29)16-10-15(27-28-16)13-6-8-14(9-7-13)34-23(24)25/h6-11,23H,5H2,1-4H3,(H,26,29)(H,27,28). The van der Waals surface area contributed by atoms with Gasteiger partial charge in [0.05, 0.1) is 24.0 Å². The van der Waals surface area contributed by atoms with Crippen LogP contribution in [0.4, 0.5) is 13.8 Å². The van der Waals surface area contributed by atoms with E-state index in [0.29, 0.717) is 16.8 Å². The molecule has 3 aromatic rings. The van der Waals surface area contributed by atoms with Crippen LogP contribution in [0.1, 0.15) is 56.9 Å². The number of amides is 1. The molecule has 0 bridgehead atoms. The SMILES string of the molecule is CCOC(=O)c1sc(NC(=O)c2cc(-c3ccc(OC(F)F)cc3)n[nH]2)c(C(=O)OC(C)C)c1C. The van der Waals surface area contributed by atoms with E-state index in [1.807, 2.05) is 0 Å². The number of nitrogens with one attached hydrogen (secondary N) is 2. The Labute approximate surface area is 203 Å². The molecule has 186 valence electrons. The van der Waals surface area contributed by atoms with Crippen LogP contribution in [0.2, 0.25) is 0 Å². The highest BCUT2D eigenvalue weighted by molar-refractivity contribution is 7.18. The van der Waals surface area contributed by atoms with Gasteiger partial charge in [0.25, 0.3) is 5.91 Å². The van der Waals surface area contributed by atoms with Crippen molar-refractivity contribution in [3.63, 3.8) is 0 Å². The van der Waals surface area contributed by atoms with Gasteiger partial charge in [0, 0.05) is 5.56 Å². The monoisotopic (exact) mass is 507 g/mol. The first-order chi connectivity index (χ1) is 16.6. The van der Waals surface area contributed by atoms with Crippen LogP contribution in [0.3, 0.4) is 0 Å². The Morgan fingerprint density at radius 3 is 2.43 bits per heavy atom. The second-order valence-corrected chi connectivity index (χ2v) is 8.48. The quantitative estimate of drug-likeness (QED) is 0.389. The Morgan fingerprint density at radius 1 is 1.14 bits per heavy atom. The largest absolute Gasteiger partial charge is 0.462 e. The number of aromatic nitrogens is 2. The van der Waals surface area contributed by atoms with Gasteiger partial charge in [0.2, 0.25) is 0 Å². The van der Waals surface area contributed by atoms with Gasteiger partial charge < -0.3 is 19.5 Å². The van der Waals surface area contributed by atoms with Gasteiger partial charge in [-0.1, -0.05) is 0 Å². The first kappa shape index (κ1) is 25.8. The summed E-state index contributed by atoms with van der Waals surface area (Å²) in [6.07, 6.45) is -0.413. The predicted octanol–water partition coefficient (Wildman–Crippen LogP) is 5.04. The van der Waals surface area contributed by atoms with E-state index >= 15 is 0 Å². The molecule has 35 heavy (non-hydrogen) atoms. The molecular weight excluding hydrogens is 484 g/mol. The zero-order chi connectivity index (χ0) is 25.7. The molecule has 0 fully saturated rings. The first-order valence-electron chi connectivity index (χ1n) is 10.5. The number of carbonyl (C=O) groups is 3. The molecule has 1 aromatic carbocycles. The van der Waals surface area contributed by atoms with Gasteiger partial charge in [-0.2, -0.15) is 13.9 Å². The maximum Gasteiger partial charge on any atom is 0.387 e. The number of rotatable bonds is 9. The van der Waals surface area contributed by atoms with Crippen molar-refractivity contribution in [3.05, 3.63) is 52.0 Å². The number of hydrogen-bond donors (Lipinski definition) is 2. The molecule has 0 saturated carbocycles. The van der Waals surface area contributed by atoms with Gasteiger partial charge in [-0.3, -0.25) is 9.89 Å². The molecule has 0 saturated heterocycles. The third kappa shape index (κ3) is 6.21. The molecule has 0 aliphatic rings. The fraction of sp³-hybridized carbons (Fsp3) is 0.304. The Morgan fingerprint density at radius 2 is 1.83 bits per heavy atom. The van der Waals surface area contributed by atoms with Crippen LogP contribution in [-0.4, -0.2) is 47.4 Å². The highest BCUT2D eigenvalue weighted by Gasteiger charge is 2.28. The highest BCUT2D eigenvalue weighted by Crippen LogP contribution is 2.35. The first-order valence-corrected chi connectivity index (χ1v) is 11.4. The van der Waals surface area contributed by atoms with E-state index in [4.69, 9.17) is 9.47 Å². The molecule has 0 aliphatic heterocycles. The Balaban J connectivity index is 1.85. The van der Waals surface area contributed by atoms with Crippen molar-refractivity contribution in [2.24, 2.45) is 0 Å². The van der Waals surface area contributed by atoms with Crippen LogP contribution in [0.15, 0.2) is 30.3 Å². The Hall–Kier alpha value is -3.80. The lowest BCUT2D eigenvalue weighted by Gasteiger charge is -2.10. The van der Waals surface area contributed by atoms with Gasteiger partial charge >= 0.3 is 18.6 Å². The van der Waals surface area contributed by atoms with Crippen LogP contribution in [0, 0.1) is 6.92 Å². The summed E-state index contributed by atoms with van der Waals surface area (Å²) in [5, 5.41) is 9.44. The number of H-pyrrole nitrogens is 1. The number of nitrogens with zero attached hydrogens (tertiary/aromatic N) is 1. The third-order valence-corrected chi connectivity index (χ3v) is 5.77. The molecule has 0 radical (unpaired) electrons. The molecule has 0 atom stereocenters. The van der Waals surface area contributed by atoms with Crippen LogP contribution < -0.4 is 10.1 Å². The molecule has 0 aliphatic carbocycles. The molecule has 2 N–H and O–H groups in total. The van der Waals surface area contributed by atoms with Crippen molar-refractivity contribution >= 4 is 34.2 Å². The average molecular weight is 508 g/mol. The molecular formula is C23H23F2N3O6S. The molecule has 2 aromatic heterocycles. The van der Waals surface area contributed by atoms with Gasteiger partial charge in [-0.15, -0.1) is 11.3 Å². The van der Waals surface area contributed by atoms with Crippen LogP contribution in [0.25, 0.3) is 11.3 Å². The number of alkyl halides is 2. The smallest absolute Gasteiger partial charge is 0.387 e. The minimum absolute atomic E-state index is 0.0106. The van der Waals surface area contributed by atoms with Crippen molar-refractivity contribution in [2.45, 2.75) is 40.4 Å². The van der Waals surface area contributed by atoms with Crippen molar-refractivity contribution in [1.29, 1.82) is 0 Å². The van der Waals surface area contributed by atoms with E-state index in [1.54, 1.807) is 27.7 Å². The minimum atomic E-state index is -2.94. The summed E-state index contributed by atoms with van der Waals surface area (Å²) in [7, 11) is 0. The lowest BCUT2D eigenvalue weighted by molar-refractivity contribution is -0.0498. The van der Waals surface area contributed by atoms with E-state index in [-0.39, 0.29) is 33.5 Å². The fourth-order valence-electron chi connectivity index (χ4n) is 3.08. The van der Waals surface area contributed by atoms with Crippen molar-refractivity contribution < 1.29 is 37.4 Å². The molecule has 12 heteroatoms. The number of thiophene rings is 1. The summed E-state index contributed by atoms with van der Waals surface area (Å²) in [5.41, 5.74) is 1.41. The van der Waals surface area contributed by atoms with Crippen LogP contribution >= 0.6 is 11.3 Å². The van der Waals surface area contributed by atoms with Gasteiger partial charge in [-0.05, 0) is 63.6 Å². The number of aromatic amines is 1. The molecule has 2 heterocycles. The summed E-state index contributed by atoms with van der Waals surface area (Å²) < 4.78 is 39.3. The van der Waals surface area contributed by atoms with Crippen LogP contribution in [0.5, 0.6) is 5.75 Å². The summed E-state index contributed by atoms with van der Waals surface area (Å²) in [6.45, 7) is 3.81.